The predicted molar refractivity (Wildman–Crippen MR) is 93.4 cm³/mol. The van der Waals surface area contributed by atoms with Gasteiger partial charge in [0.05, 0.1) is 12.8 Å². The van der Waals surface area contributed by atoms with Crippen LogP contribution in [0.2, 0.25) is 0 Å². The van der Waals surface area contributed by atoms with E-state index >= 15 is 0 Å². The molecule has 2 N–H and O–H groups in total. The maximum atomic E-state index is 12.0. The summed E-state index contributed by atoms with van der Waals surface area (Å²) in [6.07, 6.45) is -0.331. The van der Waals surface area contributed by atoms with Crippen molar-refractivity contribution in [2.45, 2.75) is 19.9 Å². The third kappa shape index (κ3) is 5.46. The van der Waals surface area contributed by atoms with Gasteiger partial charge in [-0.1, -0.05) is 18.2 Å². The fourth-order valence-corrected chi connectivity index (χ4v) is 2.19. The van der Waals surface area contributed by atoms with E-state index in [1.54, 1.807) is 31.4 Å². The number of anilines is 1. The molecular weight excluding hydrogens is 320 g/mol. The van der Waals surface area contributed by atoms with E-state index in [0.717, 1.165) is 11.3 Å². The predicted octanol–water partition coefficient (Wildman–Crippen LogP) is 2.34. The number of hydrogen-bond donors (Lipinski definition) is 2. The zero-order valence-electron chi connectivity index (χ0n) is 14.1. The lowest BCUT2D eigenvalue weighted by molar-refractivity contribution is -0.126. The number of ketones is 1. The van der Waals surface area contributed by atoms with Crippen molar-refractivity contribution < 1.29 is 19.1 Å². The minimum Gasteiger partial charge on any atom is -0.497 e. The number of ether oxygens (including phenoxy) is 1. The highest BCUT2D eigenvalue weighted by molar-refractivity contribution is 6.07. The lowest BCUT2D eigenvalue weighted by Crippen LogP contribution is -2.28. The van der Waals surface area contributed by atoms with Gasteiger partial charge in [-0.2, -0.15) is 0 Å². The molecule has 0 aliphatic rings. The van der Waals surface area contributed by atoms with Crippen LogP contribution in [0.3, 0.4) is 0 Å². The molecule has 25 heavy (non-hydrogen) atoms. The minimum atomic E-state index is -0.491. The molecule has 0 fully saturated rings. The van der Waals surface area contributed by atoms with Gasteiger partial charge in [-0.15, -0.1) is 0 Å². The highest BCUT2D eigenvalue weighted by atomic mass is 16.5. The second-order valence-electron chi connectivity index (χ2n) is 5.38. The highest BCUT2D eigenvalue weighted by Crippen LogP contribution is 2.15. The third-order valence-corrected chi connectivity index (χ3v) is 3.49. The molecule has 0 unspecified atom stereocenters. The van der Waals surface area contributed by atoms with Crippen molar-refractivity contribution in [3.8, 4) is 5.75 Å². The van der Waals surface area contributed by atoms with E-state index in [4.69, 9.17) is 4.74 Å². The van der Waals surface area contributed by atoms with E-state index < -0.39 is 11.8 Å². The Labute approximate surface area is 146 Å². The number of methoxy groups -OCH3 is 1. The average molecular weight is 339 g/mol. The van der Waals surface area contributed by atoms with Crippen molar-refractivity contribution >= 4 is 23.3 Å². The summed E-state index contributed by atoms with van der Waals surface area (Å²) in [6.45, 7) is 1.72. The van der Waals surface area contributed by atoms with E-state index in [1.165, 1.54) is 13.0 Å². The summed E-state index contributed by atoms with van der Waals surface area (Å²) in [6, 6.07) is 14.7. The molecule has 129 valence electrons. The summed E-state index contributed by atoms with van der Waals surface area (Å²) in [5.74, 6) is -0.337. The largest absolute Gasteiger partial charge is 0.497 e. The second-order valence-corrected chi connectivity index (χ2v) is 5.38. The number of nitrogens with one attached hydrogen (secondary N) is 2. The number of Topliss-reactive ketones (excluding diaryl/α,β-unsaturated/α-hetero) is 1. The number of carbonyl (C=O) groups excluding carboxylic acids is 3. The van der Waals surface area contributed by atoms with Crippen LogP contribution in [0.5, 0.6) is 5.75 Å². The Kier molecular flexibility index (Phi) is 6.28. The molecule has 2 aromatic carbocycles. The highest BCUT2D eigenvalue weighted by Gasteiger charge is 2.13. The summed E-state index contributed by atoms with van der Waals surface area (Å²) in [5.41, 5.74) is 1.62. The monoisotopic (exact) mass is 339 g/mol. The zero-order valence-corrected chi connectivity index (χ0v) is 14.1. The number of carbonyl (C=O) groups is 3. The van der Waals surface area contributed by atoms with Gasteiger partial charge >= 0.3 is 0 Å². The van der Waals surface area contributed by atoms with E-state index in [1.807, 2.05) is 12.1 Å². The van der Waals surface area contributed by atoms with E-state index in [9.17, 15) is 14.4 Å². The maximum absolute atomic E-state index is 12.0. The third-order valence-electron chi connectivity index (χ3n) is 3.49. The molecule has 1 radical (unpaired) electrons. The van der Waals surface area contributed by atoms with Gasteiger partial charge < -0.3 is 15.4 Å². The summed E-state index contributed by atoms with van der Waals surface area (Å²) >= 11 is 0. The number of hydrogen-bond acceptors (Lipinski definition) is 4. The first-order chi connectivity index (χ1) is 12.0. The van der Waals surface area contributed by atoms with E-state index in [2.05, 4.69) is 16.7 Å². The standard InChI is InChI=1S/C19H19N2O4/c1-13(22)16-5-3-4-6-17(16)21-19(24)11-18(23)20-12-14-7-9-15(25-2)10-8-14/h3,5-10H,11-12H2,1-2H3,(H,20,23)(H,21,24). The summed E-state index contributed by atoms with van der Waals surface area (Å²) < 4.78 is 5.06. The molecular formula is C19H19N2O4. The molecule has 0 saturated carbocycles. The molecule has 0 heterocycles. The molecule has 0 aromatic heterocycles. The van der Waals surface area contributed by atoms with Gasteiger partial charge in [-0.05, 0) is 42.8 Å². The van der Waals surface area contributed by atoms with Gasteiger partial charge in [-0.3, -0.25) is 14.4 Å². The molecule has 2 aromatic rings. The van der Waals surface area contributed by atoms with Crippen molar-refractivity contribution in [3.63, 3.8) is 0 Å². The van der Waals surface area contributed by atoms with Crippen LogP contribution in [0.15, 0.2) is 42.5 Å². The molecule has 0 bridgehead atoms. The van der Waals surface area contributed by atoms with Crippen LogP contribution in [-0.4, -0.2) is 24.7 Å². The normalized spacial score (nSPS) is 10.0. The summed E-state index contributed by atoms with van der Waals surface area (Å²) in [7, 11) is 1.58. The lowest BCUT2D eigenvalue weighted by atomic mass is 10.1. The quantitative estimate of drug-likeness (QED) is 0.599. The molecule has 0 saturated heterocycles. The van der Waals surface area contributed by atoms with E-state index in [0.29, 0.717) is 17.8 Å². The SMILES string of the molecule is COc1ccc(CNC(=O)CC(=O)Nc2c[c]ccc2C(C)=O)cc1. The molecule has 0 spiro atoms. The molecule has 0 atom stereocenters. The van der Waals surface area contributed by atoms with Gasteiger partial charge in [-0.25, -0.2) is 0 Å². The fraction of sp³-hybridized carbons (Fsp3) is 0.211. The number of rotatable bonds is 7. The Hall–Kier alpha value is -3.15. The molecule has 0 aliphatic heterocycles. The van der Waals surface area contributed by atoms with Crippen molar-refractivity contribution in [2.24, 2.45) is 0 Å². The first-order valence-corrected chi connectivity index (χ1v) is 7.70. The van der Waals surface area contributed by atoms with Crippen LogP contribution in [0, 0.1) is 6.07 Å². The van der Waals surface area contributed by atoms with Crippen LogP contribution in [0.25, 0.3) is 0 Å². The van der Waals surface area contributed by atoms with Crippen molar-refractivity contribution in [1.29, 1.82) is 0 Å². The Morgan fingerprint density at radius 1 is 1.08 bits per heavy atom. The van der Waals surface area contributed by atoms with Gasteiger partial charge in [0.1, 0.15) is 12.2 Å². The van der Waals surface area contributed by atoms with Crippen LogP contribution < -0.4 is 15.4 Å². The van der Waals surface area contributed by atoms with Crippen molar-refractivity contribution in [2.75, 3.05) is 12.4 Å². The zero-order chi connectivity index (χ0) is 18.2. The minimum absolute atomic E-state index is 0.173. The van der Waals surface area contributed by atoms with Crippen molar-refractivity contribution in [3.05, 3.63) is 59.7 Å². The smallest absolute Gasteiger partial charge is 0.233 e. The topological polar surface area (TPSA) is 84.5 Å². The van der Waals surface area contributed by atoms with Gasteiger partial charge in [0.25, 0.3) is 0 Å². The number of amides is 2. The summed E-state index contributed by atoms with van der Waals surface area (Å²) in [5, 5.41) is 5.24. The average Bonchev–Trinajstić information content (AvgIpc) is 2.60. The lowest BCUT2D eigenvalue weighted by Gasteiger charge is -2.09. The first kappa shape index (κ1) is 18.2. The molecule has 0 aliphatic carbocycles. The van der Waals surface area contributed by atoms with E-state index in [-0.39, 0.29) is 12.2 Å². The van der Waals surface area contributed by atoms with Crippen molar-refractivity contribution in [1.82, 2.24) is 5.32 Å². The Balaban J connectivity index is 1.85. The summed E-state index contributed by atoms with van der Waals surface area (Å²) in [4.78, 5) is 35.4. The second kappa shape index (κ2) is 8.63. The first-order valence-electron chi connectivity index (χ1n) is 7.70. The van der Waals surface area contributed by atoms with Crippen LogP contribution in [0.1, 0.15) is 29.3 Å². The van der Waals surface area contributed by atoms with Crippen LogP contribution in [-0.2, 0) is 16.1 Å². The maximum Gasteiger partial charge on any atom is 0.233 e. The van der Waals surface area contributed by atoms with Gasteiger partial charge in [0.2, 0.25) is 11.8 Å². The Bertz CT molecular complexity index is 769. The Morgan fingerprint density at radius 2 is 1.80 bits per heavy atom. The van der Waals surface area contributed by atoms with Gasteiger partial charge in [0.15, 0.2) is 5.78 Å². The molecule has 6 nitrogen and oxygen atoms in total. The number of benzene rings is 2. The van der Waals surface area contributed by atoms with Crippen LogP contribution >= 0.6 is 0 Å². The molecule has 2 amide bonds. The molecule has 6 heteroatoms. The van der Waals surface area contributed by atoms with Gasteiger partial charge in [0, 0.05) is 12.1 Å². The fourth-order valence-electron chi connectivity index (χ4n) is 2.19. The Morgan fingerprint density at radius 3 is 2.44 bits per heavy atom. The molecule has 2 rings (SSSR count). The van der Waals surface area contributed by atoms with Crippen LogP contribution in [0.4, 0.5) is 5.69 Å².